The molecule has 0 saturated heterocycles. The van der Waals surface area contributed by atoms with Gasteiger partial charge < -0.3 is 14.8 Å². The fourth-order valence-corrected chi connectivity index (χ4v) is 2.05. The van der Waals surface area contributed by atoms with Crippen LogP contribution in [0.15, 0.2) is 36.4 Å². The van der Waals surface area contributed by atoms with Gasteiger partial charge in [0, 0.05) is 17.8 Å². The summed E-state index contributed by atoms with van der Waals surface area (Å²) in [6.45, 7) is 1.88. The number of nitrogens with one attached hydrogen (secondary N) is 1. The lowest BCUT2D eigenvalue weighted by molar-refractivity contribution is -0.118. The molecule has 122 valence electrons. The molecule has 0 fully saturated rings. The molecule has 0 aliphatic carbocycles. The van der Waals surface area contributed by atoms with Gasteiger partial charge in [-0.15, -0.1) is 0 Å². The number of carbonyl (C=O) groups is 1. The summed E-state index contributed by atoms with van der Waals surface area (Å²) in [7, 11) is 0. The molecule has 0 aromatic heterocycles. The first-order chi connectivity index (χ1) is 11.0. The van der Waals surface area contributed by atoms with Crippen LogP contribution in [0.4, 0.5) is 10.1 Å². The lowest BCUT2D eigenvalue weighted by atomic mass is 10.3. The summed E-state index contributed by atoms with van der Waals surface area (Å²) >= 11 is 11.6. The van der Waals surface area contributed by atoms with E-state index >= 15 is 0 Å². The fourth-order valence-electron chi connectivity index (χ4n) is 1.76. The molecule has 1 amide bonds. The van der Waals surface area contributed by atoms with Gasteiger partial charge in [-0.1, -0.05) is 23.2 Å². The maximum absolute atomic E-state index is 13.7. The molecule has 1 N–H and O–H groups in total. The van der Waals surface area contributed by atoms with E-state index in [9.17, 15) is 9.18 Å². The minimum atomic E-state index is -0.546. The number of ether oxygens (including phenoxy) is 2. The lowest BCUT2D eigenvalue weighted by Gasteiger charge is -2.10. The number of carbonyl (C=O) groups excluding carboxylic acids is 1. The summed E-state index contributed by atoms with van der Waals surface area (Å²) in [6.07, 6.45) is 0. The van der Waals surface area contributed by atoms with Crippen LogP contribution in [0.3, 0.4) is 0 Å². The van der Waals surface area contributed by atoms with Gasteiger partial charge in [-0.05, 0) is 31.2 Å². The van der Waals surface area contributed by atoms with Gasteiger partial charge in [-0.3, -0.25) is 4.79 Å². The molecule has 4 nitrogen and oxygen atoms in total. The smallest absolute Gasteiger partial charge is 0.262 e. The van der Waals surface area contributed by atoms with Gasteiger partial charge in [-0.25, -0.2) is 4.39 Å². The monoisotopic (exact) mass is 357 g/mol. The van der Waals surface area contributed by atoms with Crippen LogP contribution in [0.25, 0.3) is 0 Å². The number of hydrogen-bond donors (Lipinski definition) is 1. The topological polar surface area (TPSA) is 47.6 Å². The second-order valence-electron chi connectivity index (χ2n) is 4.49. The van der Waals surface area contributed by atoms with E-state index in [4.69, 9.17) is 32.7 Å². The van der Waals surface area contributed by atoms with Gasteiger partial charge >= 0.3 is 0 Å². The maximum atomic E-state index is 13.7. The van der Waals surface area contributed by atoms with Crippen molar-refractivity contribution in [3.63, 3.8) is 0 Å². The number of anilines is 1. The highest BCUT2D eigenvalue weighted by molar-refractivity contribution is 6.42. The van der Waals surface area contributed by atoms with E-state index in [1.807, 2.05) is 0 Å². The zero-order valence-electron chi connectivity index (χ0n) is 12.2. The molecule has 0 aliphatic rings. The number of halogens is 3. The Morgan fingerprint density at radius 3 is 2.57 bits per heavy atom. The van der Waals surface area contributed by atoms with E-state index in [0.717, 1.165) is 0 Å². The Morgan fingerprint density at radius 1 is 1.13 bits per heavy atom. The minimum absolute atomic E-state index is 0.137. The summed E-state index contributed by atoms with van der Waals surface area (Å²) in [4.78, 5) is 11.8. The molecule has 0 heterocycles. The van der Waals surface area contributed by atoms with Gasteiger partial charge in [-0.2, -0.15) is 0 Å². The van der Waals surface area contributed by atoms with Crippen molar-refractivity contribution in [3.05, 3.63) is 52.3 Å². The SMILES string of the molecule is CCOc1ccc(NC(=O)COc2ccc(Cl)c(Cl)c2)cc1F. The Hall–Kier alpha value is -1.98. The average Bonchev–Trinajstić information content (AvgIpc) is 2.51. The predicted molar refractivity (Wildman–Crippen MR) is 88.2 cm³/mol. The Kier molecular flexibility index (Phi) is 6.07. The number of hydrogen-bond acceptors (Lipinski definition) is 3. The van der Waals surface area contributed by atoms with Crippen LogP contribution in [0.5, 0.6) is 11.5 Å². The molecular formula is C16H14Cl2FNO3. The number of benzene rings is 2. The van der Waals surface area contributed by atoms with E-state index in [1.165, 1.54) is 18.2 Å². The molecule has 0 bridgehead atoms. The summed E-state index contributed by atoms with van der Waals surface area (Å²) < 4.78 is 24.1. The maximum Gasteiger partial charge on any atom is 0.262 e. The normalized spacial score (nSPS) is 10.3. The molecule has 0 saturated carbocycles. The molecule has 7 heteroatoms. The van der Waals surface area contributed by atoms with Gasteiger partial charge in [0.25, 0.3) is 5.91 Å². The molecule has 0 radical (unpaired) electrons. The first-order valence-corrected chi connectivity index (χ1v) is 7.55. The van der Waals surface area contributed by atoms with Crippen molar-refractivity contribution in [2.45, 2.75) is 6.92 Å². The van der Waals surface area contributed by atoms with Gasteiger partial charge in [0.2, 0.25) is 0 Å². The van der Waals surface area contributed by atoms with Crippen LogP contribution >= 0.6 is 23.2 Å². The third-order valence-corrected chi connectivity index (χ3v) is 3.52. The van der Waals surface area contributed by atoms with Crippen molar-refractivity contribution in [3.8, 4) is 11.5 Å². The highest BCUT2D eigenvalue weighted by atomic mass is 35.5. The first kappa shape index (κ1) is 17.4. The molecule has 2 aromatic carbocycles. The Bertz CT molecular complexity index is 710. The predicted octanol–water partition coefficient (Wildman–Crippen LogP) is 4.55. The van der Waals surface area contributed by atoms with Crippen LogP contribution in [0.1, 0.15) is 6.92 Å². The van der Waals surface area contributed by atoms with E-state index in [1.54, 1.807) is 25.1 Å². The van der Waals surface area contributed by atoms with Crippen molar-refractivity contribution < 1.29 is 18.7 Å². The van der Waals surface area contributed by atoms with E-state index < -0.39 is 11.7 Å². The molecular weight excluding hydrogens is 344 g/mol. The second-order valence-corrected chi connectivity index (χ2v) is 5.31. The number of rotatable bonds is 6. The quantitative estimate of drug-likeness (QED) is 0.824. The Balaban J connectivity index is 1.91. The molecule has 23 heavy (non-hydrogen) atoms. The van der Waals surface area contributed by atoms with E-state index in [2.05, 4.69) is 5.32 Å². The van der Waals surface area contributed by atoms with Crippen LogP contribution < -0.4 is 14.8 Å². The minimum Gasteiger partial charge on any atom is -0.491 e. The third kappa shape index (κ3) is 5.01. The zero-order chi connectivity index (χ0) is 16.8. The standard InChI is InChI=1S/C16H14Cl2FNO3/c1-2-22-15-6-3-10(7-14(15)19)20-16(21)9-23-11-4-5-12(17)13(18)8-11/h3-8H,2,9H2,1H3,(H,20,21). The van der Waals surface area contributed by atoms with Crippen LogP contribution in [-0.2, 0) is 4.79 Å². The van der Waals surface area contributed by atoms with Gasteiger partial charge in [0.15, 0.2) is 18.2 Å². The van der Waals surface area contributed by atoms with E-state index in [-0.39, 0.29) is 12.4 Å². The summed E-state index contributed by atoms with van der Waals surface area (Å²) in [5, 5.41) is 3.26. The van der Waals surface area contributed by atoms with Crippen LogP contribution in [0, 0.1) is 5.82 Å². The second kappa shape index (κ2) is 8.04. The number of amides is 1. The Labute approximate surface area is 143 Å². The van der Waals surface area contributed by atoms with Crippen molar-refractivity contribution in [1.29, 1.82) is 0 Å². The molecule has 2 rings (SSSR count). The molecule has 0 spiro atoms. The molecule has 0 unspecified atom stereocenters. The van der Waals surface area contributed by atoms with Gasteiger partial charge in [0.1, 0.15) is 5.75 Å². The third-order valence-electron chi connectivity index (χ3n) is 2.78. The summed E-state index contributed by atoms with van der Waals surface area (Å²) in [6, 6.07) is 8.85. The molecule has 0 atom stereocenters. The van der Waals surface area contributed by atoms with Crippen molar-refractivity contribution in [2.75, 3.05) is 18.5 Å². The van der Waals surface area contributed by atoms with Crippen molar-refractivity contribution in [2.24, 2.45) is 0 Å². The highest BCUT2D eigenvalue weighted by Gasteiger charge is 2.08. The first-order valence-electron chi connectivity index (χ1n) is 6.79. The van der Waals surface area contributed by atoms with Crippen molar-refractivity contribution >= 4 is 34.8 Å². The summed E-state index contributed by atoms with van der Waals surface area (Å²) in [5.74, 6) is -0.431. The van der Waals surface area contributed by atoms with Crippen LogP contribution in [-0.4, -0.2) is 19.1 Å². The fraction of sp³-hybridized carbons (Fsp3) is 0.188. The largest absolute Gasteiger partial charge is 0.491 e. The summed E-state index contributed by atoms with van der Waals surface area (Å²) in [5.41, 5.74) is 0.314. The van der Waals surface area contributed by atoms with E-state index in [0.29, 0.717) is 28.1 Å². The van der Waals surface area contributed by atoms with Crippen LogP contribution in [0.2, 0.25) is 10.0 Å². The zero-order valence-corrected chi connectivity index (χ0v) is 13.7. The molecule has 0 aliphatic heterocycles. The molecule has 2 aromatic rings. The van der Waals surface area contributed by atoms with Crippen molar-refractivity contribution in [1.82, 2.24) is 0 Å². The highest BCUT2D eigenvalue weighted by Crippen LogP contribution is 2.26. The Morgan fingerprint density at radius 2 is 1.91 bits per heavy atom. The average molecular weight is 358 g/mol. The van der Waals surface area contributed by atoms with Gasteiger partial charge in [0.05, 0.1) is 16.7 Å². The lowest BCUT2D eigenvalue weighted by Crippen LogP contribution is -2.20.